The third-order valence-electron chi connectivity index (χ3n) is 5.04. The third kappa shape index (κ3) is 2.37. The predicted molar refractivity (Wildman–Crippen MR) is 88.5 cm³/mol. The first-order valence-corrected chi connectivity index (χ1v) is 8.17. The number of nitrogens with zero attached hydrogens (tertiary/aromatic N) is 4. The Labute approximate surface area is 134 Å². The first-order valence-electron chi connectivity index (χ1n) is 8.17. The molecule has 6 nitrogen and oxygen atoms in total. The summed E-state index contributed by atoms with van der Waals surface area (Å²) in [5.74, 6) is 0. The predicted octanol–water partition coefficient (Wildman–Crippen LogP) is 1.47. The van der Waals surface area contributed by atoms with E-state index in [9.17, 15) is 10.1 Å². The van der Waals surface area contributed by atoms with Gasteiger partial charge in [0.25, 0.3) is 5.56 Å². The van der Waals surface area contributed by atoms with Crippen LogP contribution in [0.15, 0.2) is 23.3 Å². The molecule has 0 unspecified atom stereocenters. The van der Waals surface area contributed by atoms with Gasteiger partial charge in [-0.2, -0.15) is 5.26 Å². The Balaban J connectivity index is 1.76. The van der Waals surface area contributed by atoms with Crippen molar-refractivity contribution < 1.29 is 0 Å². The SMILES string of the molecule is N#Cc1c(N2CC[C@@H](N3CCCC3)C2)c2ccncc2[nH]c1=O. The summed E-state index contributed by atoms with van der Waals surface area (Å²) in [6.45, 7) is 4.11. The van der Waals surface area contributed by atoms with Gasteiger partial charge in [-0.25, -0.2) is 0 Å². The van der Waals surface area contributed by atoms with Gasteiger partial charge >= 0.3 is 0 Å². The van der Waals surface area contributed by atoms with Gasteiger partial charge in [0.2, 0.25) is 0 Å². The van der Waals surface area contributed by atoms with E-state index in [-0.39, 0.29) is 11.1 Å². The summed E-state index contributed by atoms with van der Waals surface area (Å²) in [5.41, 5.74) is 1.35. The van der Waals surface area contributed by atoms with Crippen molar-refractivity contribution in [2.75, 3.05) is 31.1 Å². The van der Waals surface area contributed by atoms with Crippen LogP contribution in [0.25, 0.3) is 10.9 Å². The van der Waals surface area contributed by atoms with E-state index in [2.05, 4.69) is 25.8 Å². The zero-order valence-electron chi connectivity index (χ0n) is 13.0. The van der Waals surface area contributed by atoms with Crippen molar-refractivity contribution in [2.24, 2.45) is 0 Å². The summed E-state index contributed by atoms with van der Waals surface area (Å²) in [5, 5.41) is 10.4. The summed E-state index contributed by atoms with van der Waals surface area (Å²) in [4.78, 5) is 23.8. The van der Waals surface area contributed by atoms with Crippen LogP contribution >= 0.6 is 0 Å². The van der Waals surface area contributed by atoms with E-state index in [1.165, 1.54) is 25.9 Å². The van der Waals surface area contributed by atoms with E-state index in [1.54, 1.807) is 12.4 Å². The maximum atomic E-state index is 12.2. The number of nitriles is 1. The molecule has 4 rings (SSSR count). The Morgan fingerprint density at radius 3 is 2.91 bits per heavy atom. The highest BCUT2D eigenvalue weighted by Gasteiger charge is 2.31. The minimum atomic E-state index is -0.326. The van der Waals surface area contributed by atoms with Crippen LogP contribution in [-0.2, 0) is 0 Å². The van der Waals surface area contributed by atoms with Crippen molar-refractivity contribution in [1.82, 2.24) is 14.9 Å². The first kappa shape index (κ1) is 14.2. The molecule has 4 heterocycles. The maximum absolute atomic E-state index is 12.2. The highest BCUT2D eigenvalue weighted by atomic mass is 16.1. The largest absolute Gasteiger partial charge is 0.368 e. The van der Waals surface area contributed by atoms with E-state index in [0.717, 1.165) is 30.6 Å². The van der Waals surface area contributed by atoms with Crippen LogP contribution in [0.1, 0.15) is 24.8 Å². The minimum Gasteiger partial charge on any atom is -0.368 e. The van der Waals surface area contributed by atoms with Gasteiger partial charge in [0.15, 0.2) is 0 Å². The summed E-state index contributed by atoms with van der Waals surface area (Å²) in [7, 11) is 0. The van der Waals surface area contributed by atoms with E-state index in [0.29, 0.717) is 11.6 Å². The van der Waals surface area contributed by atoms with Crippen molar-refractivity contribution in [3.63, 3.8) is 0 Å². The van der Waals surface area contributed by atoms with Gasteiger partial charge in [0.1, 0.15) is 11.6 Å². The van der Waals surface area contributed by atoms with Crippen molar-refractivity contribution in [3.8, 4) is 6.07 Å². The van der Waals surface area contributed by atoms with Gasteiger partial charge < -0.3 is 9.88 Å². The van der Waals surface area contributed by atoms with Crippen molar-refractivity contribution in [2.45, 2.75) is 25.3 Å². The fraction of sp³-hybridized carbons (Fsp3) is 0.471. The molecule has 1 N–H and O–H groups in total. The van der Waals surface area contributed by atoms with Crippen LogP contribution in [0.4, 0.5) is 5.69 Å². The topological polar surface area (TPSA) is 76.0 Å². The first-order chi connectivity index (χ1) is 11.3. The second-order valence-electron chi connectivity index (χ2n) is 6.34. The average molecular weight is 309 g/mol. The number of fused-ring (bicyclic) bond motifs is 1. The second-order valence-corrected chi connectivity index (χ2v) is 6.34. The zero-order valence-corrected chi connectivity index (χ0v) is 13.0. The third-order valence-corrected chi connectivity index (χ3v) is 5.04. The molecular weight excluding hydrogens is 290 g/mol. The number of aromatic amines is 1. The summed E-state index contributed by atoms with van der Waals surface area (Å²) >= 11 is 0. The lowest BCUT2D eigenvalue weighted by Gasteiger charge is -2.25. The number of aromatic nitrogens is 2. The monoisotopic (exact) mass is 309 g/mol. The molecule has 2 aromatic rings. The molecule has 2 aliphatic rings. The standard InChI is InChI=1S/C17H19N5O/c18-9-14-16(13-3-5-19-10-15(13)20-17(14)23)22-8-4-12(11-22)21-6-1-2-7-21/h3,5,10,12H,1-2,4,6-8,11H2,(H,20,23)/t12-/m1/s1. The molecule has 0 aliphatic carbocycles. The molecule has 0 amide bonds. The number of H-pyrrole nitrogens is 1. The highest BCUT2D eigenvalue weighted by molar-refractivity contribution is 5.94. The van der Waals surface area contributed by atoms with Crippen LogP contribution < -0.4 is 10.5 Å². The smallest absolute Gasteiger partial charge is 0.268 e. The molecule has 2 fully saturated rings. The minimum absolute atomic E-state index is 0.214. The number of anilines is 1. The maximum Gasteiger partial charge on any atom is 0.268 e. The molecule has 2 aromatic heterocycles. The molecule has 0 aromatic carbocycles. The molecule has 0 saturated carbocycles. The van der Waals surface area contributed by atoms with Crippen LogP contribution in [0.2, 0.25) is 0 Å². The highest BCUT2D eigenvalue weighted by Crippen LogP contribution is 2.31. The second kappa shape index (κ2) is 5.67. The number of hydrogen-bond donors (Lipinski definition) is 1. The lowest BCUT2D eigenvalue weighted by Crippen LogP contribution is -2.35. The molecule has 0 radical (unpaired) electrons. The average Bonchev–Trinajstić information content (AvgIpc) is 3.24. The van der Waals surface area contributed by atoms with Crippen LogP contribution in [0, 0.1) is 11.3 Å². The molecule has 0 spiro atoms. The van der Waals surface area contributed by atoms with Gasteiger partial charge in [-0.15, -0.1) is 0 Å². The van der Waals surface area contributed by atoms with Gasteiger partial charge in [-0.3, -0.25) is 14.7 Å². The Kier molecular flexibility index (Phi) is 3.50. The van der Waals surface area contributed by atoms with Crippen molar-refractivity contribution in [1.29, 1.82) is 5.26 Å². The Morgan fingerprint density at radius 2 is 2.13 bits per heavy atom. The molecule has 6 heteroatoms. The summed E-state index contributed by atoms with van der Waals surface area (Å²) < 4.78 is 0. The summed E-state index contributed by atoms with van der Waals surface area (Å²) in [6.07, 6.45) is 7.00. The van der Waals surface area contributed by atoms with Crippen molar-refractivity contribution in [3.05, 3.63) is 34.4 Å². The van der Waals surface area contributed by atoms with E-state index >= 15 is 0 Å². The fourth-order valence-corrected chi connectivity index (χ4v) is 3.91. The van der Waals surface area contributed by atoms with Gasteiger partial charge in [0, 0.05) is 30.7 Å². The van der Waals surface area contributed by atoms with Crippen LogP contribution in [0.5, 0.6) is 0 Å². The molecule has 1 atom stereocenters. The van der Waals surface area contributed by atoms with Crippen molar-refractivity contribution >= 4 is 16.6 Å². The molecule has 118 valence electrons. The quantitative estimate of drug-likeness (QED) is 0.909. The van der Waals surface area contributed by atoms with Crippen LogP contribution in [-0.4, -0.2) is 47.1 Å². The van der Waals surface area contributed by atoms with Gasteiger partial charge in [-0.1, -0.05) is 0 Å². The lowest BCUT2D eigenvalue weighted by molar-refractivity contribution is 0.260. The van der Waals surface area contributed by atoms with E-state index in [1.807, 2.05) is 6.07 Å². The Morgan fingerprint density at radius 1 is 1.30 bits per heavy atom. The molecule has 0 bridgehead atoms. The molecular formula is C17H19N5O. The number of hydrogen-bond acceptors (Lipinski definition) is 5. The van der Waals surface area contributed by atoms with Gasteiger partial charge in [0.05, 0.1) is 17.4 Å². The molecule has 2 aliphatic heterocycles. The lowest BCUT2D eigenvalue weighted by atomic mass is 10.1. The number of nitrogens with one attached hydrogen (secondary N) is 1. The van der Waals surface area contributed by atoms with Gasteiger partial charge in [-0.05, 0) is 38.4 Å². The molecule has 2 saturated heterocycles. The fourth-order valence-electron chi connectivity index (χ4n) is 3.91. The number of pyridine rings is 2. The Hall–Kier alpha value is -2.39. The molecule has 23 heavy (non-hydrogen) atoms. The normalized spacial score (nSPS) is 21.9. The Bertz CT molecular complexity index is 831. The number of likely N-dealkylation sites (tertiary alicyclic amines) is 1. The summed E-state index contributed by atoms with van der Waals surface area (Å²) in [6, 6.07) is 4.51. The van der Waals surface area contributed by atoms with Crippen LogP contribution in [0.3, 0.4) is 0 Å². The van der Waals surface area contributed by atoms with E-state index < -0.39 is 0 Å². The zero-order chi connectivity index (χ0) is 15.8. The number of rotatable bonds is 2. The van der Waals surface area contributed by atoms with E-state index in [4.69, 9.17) is 0 Å².